The fourth-order valence-corrected chi connectivity index (χ4v) is 8.60. The van der Waals surface area contributed by atoms with Crippen LogP contribution in [0.3, 0.4) is 0 Å². The molecule has 0 aliphatic heterocycles. The molecule has 0 nitrogen and oxygen atoms in total. The molecule has 0 aromatic heterocycles. The Labute approximate surface area is 339 Å². The maximum atomic E-state index is 2.72. The normalized spacial score (nSPS) is 12.0. The summed E-state index contributed by atoms with van der Waals surface area (Å²) in [5.74, 6) is 0. The van der Waals surface area contributed by atoms with Gasteiger partial charge in [-0.15, -0.1) is 0 Å². The minimum absolute atomic E-state index is 1.35. The highest BCUT2D eigenvalue weighted by Gasteiger charge is 2.02. The fraction of sp³-hybridized carbons (Fsp3) is 0.962. The van der Waals surface area contributed by atoms with E-state index >= 15 is 0 Å². The first kappa shape index (κ1) is 52.7. The average molecular weight is 743 g/mol. The molecule has 0 aliphatic carbocycles. The molecular weight excluding hydrogens is 637 g/mol. The van der Waals surface area contributed by atoms with Gasteiger partial charge in [-0.3, -0.25) is 0 Å². The Morgan fingerprint density at radius 1 is 0.208 bits per heavy atom. The van der Waals surface area contributed by atoms with Crippen molar-refractivity contribution in [3.8, 4) is 0 Å². The van der Waals surface area contributed by atoms with Crippen LogP contribution >= 0.6 is 0 Å². The molecule has 0 atom stereocenters. The molecule has 0 N–H and O–H groups in total. The van der Waals surface area contributed by atoms with Gasteiger partial charge in [0.15, 0.2) is 0 Å². The van der Waals surface area contributed by atoms with Crippen LogP contribution in [-0.4, -0.2) is 0 Å². The van der Waals surface area contributed by atoms with Gasteiger partial charge in [0, 0.05) is 0 Å². The molecule has 318 valence electrons. The van der Waals surface area contributed by atoms with Gasteiger partial charge in [0.05, 0.1) is 0 Å². The lowest BCUT2D eigenvalue weighted by Gasteiger charge is -2.09. The third kappa shape index (κ3) is 47.8. The molecule has 0 aliphatic rings. The van der Waals surface area contributed by atoms with Crippen molar-refractivity contribution < 1.29 is 0 Å². The number of allylic oxidation sites excluding steroid dienone is 2. The highest BCUT2D eigenvalue weighted by molar-refractivity contribution is 5.02. The minimum Gasteiger partial charge on any atom is -0.0853 e. The van der Waals surface area contributed by atoms with Gasteiger partial charge in [0.2, 0.25) is 0 Å². The van der Waals surface area contributed by atoms with Gasteiger partial charge in [-0.1, -0.05) is 302 Å². The molecular formula is C53H106. The van der Waals surface area contributed by atoms with Crippen molar-refractivity contribution in [3.05, 3.63) is 11.6 Å². The van der Waals surface area contributed by atoms with Gasteiger partial charge >= 0.3 is 0 Å². The molecule has 0 aromatic carbocycles. The zero-order chi connectivity index (χ0) is 38.2. The molecule has 0 heteroatoms. The van der Waals surface area contributed by atoms with Crippen LogP contribution in [0.5, 0.6) is 0 Å². The maximum Gasteiger partial charge on any atom is -0.0320 e. The average Bonchev–Trinajstić information content (AvgIpc) is 3.17. The summed E-state index contributed by atoms with van der Waals surface area (Å²) in [4.78, 5) is 0. The van der Waals surface area contributed by atoms with Crippen LogP contribution in [0.4, 0.5) is 0 Å². The zero-order valence-corrected chi connectivity index (χ0v) is 38.0. The molecule has 0 unspecified atom stereocenters. The molecule has 0 radical (unpaired) electrons. The Bertz CT molecular complexity index is 644. The van der Waals surface area contributed by atoms with Crippen molar-refractivity contribution in [3.63, 3.8) is 0 Å². The Kier molecular flexibility index (Phi) is 49.5. The monoisotopic (exact) mass is 743 g/mol. The maximum absolute atomic E-state index is 2.72. The van der Waals surface area contributed by atoms with E-state index in [1.54, 1.807) is 0 Å². The highest BCUT2D eigenvalue weighted by Crippen LogP contribution is 2.22. The van der Waals surface area contributed by atoms with E-state index in [4.69, 9.17) is 0 Å². The second-order valence-corrected chi connectivity index (χ2v) is 18.0. The van der Waals surface area contributed by atoms with Crippen molar-refractivity contribution in [1.29, 1.82) is 0 Å². The molecule has 0 aromatic rings. The van der Waals surface area contributed by atoms with Gasteiger partial charge < -0.3 is 0 Å². The lowest BCUT2D eigenvalue weighted by Crippen LogP contribution is -1.89. The van der Waals surface area contributed by atoms with Crippen LogP contribution in [0, 0.1) is 0 Å². The summed E-state index contributed by atoms with van der Waals surface area (Å²) in [6, 6.07) is 0. The Morgan fingerprint density at radius 2 is 0.377 bits per heavy atom. The standard InChI is InChI=1S/C53H106/c1-4-7-10-13-16-19-22-25-28-31-34-37-40-43-46-49-52-53(50-47-44-41-38-35-32-29-26-23-20-17-14-11-8-5-2)51-48-45-42-39-36-33-30-27-24-21-18-15-12-9-6-3/h50H,4-49,51-52H2,1-3H3/b53-50-. The van der Waals surface area contributed by atoms with Gasteiger partial charge in [-0.2, -0.15) is 0 Å². The van der Waals surface area contributed by atoms with Crippen molar-refractivity contribution >= 4 is 0 Å². The van der Waals surface area contributed by atoms with Gasteiger partial charge in [0.25, 0.3) is 0 Å². The van der Waals surface area contributed by atoms with E-state index in [-0.39, 0.29) is 0 Å². The van der Waals surface area contributed by atoms with Crippen LogP contribution in [-0.2, 0) is 0 Å². The summed E-state index contributed by atoms with van der Waals surface area (Å²) in [6.45, 7) is 6.96. The smallest absolute Gasteiger partial charge is 0.0320 e. The number of rotatable bonds is 48. The van der Waals surface area contributed by atoms with Crippen molar-refractivity contribution in [2.75, 3.05) is 0 Å². The van der Waals surface area contributed by atoms with Gasteiger partial charge in [-0.05, 0) is 38.5 Å². The van der Waals surface area contributed by atoms with Gasteiger partial charge in [0.1, 0.15) is 0 Å². The Morgan fingerprint density at radius 3 is 0.585 bits per heavy atom. The second kappa shape index (κ2) is 49.8. The van der Waals surface area contributed by atoms with Crippen LogP contribution in [0.1, 0.15) is 329 Å². The molecule has 0 fully saturated rings. The highest BCUT2D eigenvalue weighted by atomic mass is 14.1. The number of hydrogen-bond donors (Lipinski definition) is 0. The minimum atomic E-state index is 1.35. The summed E-state index contributed by atoms with van der Waals surface area (Å²) < 4.78 is 0. The van der Waals surface area contributed by atoms with Crippen LogP contribution in [0.15, 0.2) is 11.6 Å². The second-order valence-electron chi connectivity index (χ2n) is 18.0. The lowest BCUT2D eigenvalue weighted by atomic mass is 9.97. The summed E-state index contributed by atoms with van der Waals surface area (Å²) >= 11 is 0. The van der Waals surface area contributed by atoms with Crippen LogP contribution < -0.4 is 0 Å². The van der Waals surface area contributed by atoms with E-state index in [1.165, 1.54) is 308 Å². The largest absolute Gasteiger partial charge is 0.0853 e. The zero-order valence-electron chi connectivity index (χ0n) is 38.0. The first-order valence-corrected chi connectivity index (χ1v) is 26.0. The van der Waals surface area contributed by atoms with E-state index in [0.29, 0.717) is 0 Å². The van der Waals surface area contributed by atoms with Crippen molar-refractivity contribution in [2.24, 2.45) is 0 Å². The van der Waals surface area contributed by atoms with E-state index in [2.05, 4.69) is 26.8 Å². The number of unbranched alkanes of at least 4 members (excludes halogenated alkanes) is 43. The van der Waals surface area contributed by atoms with Crippen LogP contribution in [0.25, 0.3) is 0 Å². The predicted octanol–water partition coefficient (Wildman–Crippen LogP) is 20.7. The number of hydrogen-bond acceptors (Lipinski definition) is 0. The third-order valence-corrected chi connectivity index (χ3v) is 12.4. The SMILES string of the molecule is CCCCCCCCCCCCCCCC/C=C(/CCCCCCCCCCCCCCCCC)CCCCCCCCCCCCCCCCCC. The van der Waals surface area contributed by atoms with Crippen molar-refractivity contribution in [2.45, 2.75) is 329 Å². The van der Waals surface area contributed by atoms with Crippen LogP contribution in [0.2, 0.25) is 0 Å². The molecule has 0 heterocycles. The summed E-state index contributed by atoms with van der Waals surface area (Å²) in [6.07, 6.45) is 72.9. The first-order chi connectivity index (χ1) is 26.3. The summed E-state index contributed by atoms with van der Waals surface area (Å²) in [5, 5.41) is 0. The summed E-state index contributed by atoms with van der Waals surface area (Å²) in [7, 11) is 0. The molecule has 0 amide bonds. The molecule has 0 spiro atoms. The molecule has 0 bridgehead atoms. The Balaban J connectivity index is 4.01. The molecule has 0 saturated heterocycles. The van der Waals surface area contributed by atoms with Crippen molar-refractivity contribution in [1.82, 2.24) is 0 Å². The fourth-order valence-electron chi connectivity index (χ4n) is 8.60. The molecule has 53 heavy (non-hydrogen) atoms. The summed E-state index contributed by atoms with van der Waals surface area (Å²) in [5.41, 5.74) is 1.83. The van der Waals surface area contributed by atoms with E-state index < -0.39 is 0 Å². The molecule has 0 saturated carbocycles. The lowest BCUT2D eigenvalue weighted by molar-refractivity contribution is 0.526. The van der Waals surface area contributed by atoms with E-state index in [0.717, 1.165) is 0 Å². The third-order valence-electron chi connectivity index (χ3n) is 12.4. The molecule has 0 rings (SSSR count). The van der Waals surface area contributed by atoms with E-state index in [1.807, 2.05) is 5.57 Å². The predicted molar refractivity (Wildman–Crippen MR) is 247 cm³/mol. The van der Waals surface area contributed by atoms with Gasteiger partial charge in [-0.25, -0.2) is 0 Å². The first-order valence-electron chi connectivity index (χ1n) is 26.0. The quantitative estimate of drug-likeness (QED) is 0.0430. The van der Waals surface area contributed by atoms with E-state index in [9.17, 15) is 0 Å². The Hall–Kier alpha value is -0.260. The topological polar surface area (TPSA) is 0 Å².